The van der Waals surface area contributed by atoms with Crippen LogP contribution in [0.25, 0.3) is 0 Å². The molecule has 1 aliphatic heterocycles. The highest BCUT2D eigenvalue weighted by Crippen LogP contribution is 2.16. The van der Waals surface area contributed by atoms with Crippen LogP contribution in [0.2, 0.25) is 0 Å². The zero-order valence-electron chi connectivity index (χ0n) is 10.6. The molecular formula is C12H18N2O4. The largest absolute Gasteiger partial charge is 0.378 e. The van der Waals surface area contributed by atoms with Crippen LogP contribution in [0.3, 0.4) is 0 Å². The number of rotatable bonds is 6. The topological polar surface area (TPSA) is 74.5 Å². The molecule has 0 radical (unpaired) electrons. The van der Waals surface area contributed by atoms with Crippen LogP contribution in [-0.4, -0.2) is 42.4 Å². The molecule has 1 aliphatic rings. The van der Waals surface area contributed by atoms with Gasteiger partial charge in [0.05, 0.1) is 12.5 Å². The molecule has 0 amide bonds. The Morgan fingerprint density at radius 1 is 1.50 bits per heavy atom. The van der Waals surface area contributed by atoms with Crippen LogP contribution in [0.1, 0.15) is 31.0 Å². The molecule has 1 aromatic heterocycles. The lowest BCUT2D eigenvalue weighted by molar-refractivity contribution is -0.122. The number of Topliss-reactive ketones (excluding diaryl/α,β-unsaturated/α-hetero) is 1. The summed E-state index contributed by atoms with van der Waals surface area (Å²) in [5.74, 6) is 0.895. The van der Waals surface area contributed by atoms with E-state index in [2.05, 4.69) is 10.1 Å². The fraction of sp³-hybridized carbons (Fsp3) is 0.750. The molecule has 2 rings (SSSR count). The van der Waals surface area contributed by atoms with Gasteiger partial charge in [-0.25, -0.2) is 0 Å². The van der Waals surface area contributed by atoms with Crippen molar-refractivity contribution >= 4 is 5.78 Å². The summed E-state index contributed by atoms with van der Waals surface area (Å²) in [6.45, 7) is 0.880. The molecule has 1 aromatic rings. The number of ketones is 1. The standard InChI is InChI=1S/C12H18N2O4/c1-16-8-9(15)6-12-13-11(14-18-12)7-10-4-2-3-5-17-10/h10H,2-8H2,1H3. The Labute approximate surface area is 106 Å². The van der Waals surface area contributed by atoms with Crippen molar-refractivity contribution < 1.29 is 18.8 Å². The van der Waals surface area contributed by atoms with Crippen molar-refractivity contribution in [2.75, 3.05) is 20.3 Å². The van der Waals surface area contributed by atoms with E-state index in [4.69, 9.17) is 14.0 Å². The number of hydrogen-bond acceptors (Lipinski definition) is 6. The van der Waals surface area contributed by atoms with Gasteiger partial charge in [-0.2, -0.15) is 4.98 Å². The van der Waals surface area contributed by atoms with Gasteiger partial charge < -0.3 is 14.0 Å². The maximum Gasteiger partial charge on any atom is 0.234 e. The summed E-state index contributed by atoms with van der Waals surface area (Å²) in [7, 11) is 1.48. The van der Waals surface area contributed by atoms with E-state index in [-0.39, 0.29) is 24.9 Å². The van der Waals surface area contributed by atoms with Crippen LogP contribution in [-0.2, 0) is 27.1 Å². The lowest BCUT2D eigenvalue weighted by Gasteiger charge is -2.20. The second-order valence-corrected chi connectivity index (χ2v) is 4.45. The molecule has 1 fully saturated rings. The van der Waals surface area contributed by atoms with Crippen molar-refractivity contribution in [3.63, 3.8) is 0 Å². The van der Waals surface area contributed by atoms with Crippen molar-refractivity contribution in [3.05, 3.63) is 11.7 Å². The zero-order valence-corrected chi connectivity index (χ0v) is 10.6. The summed E-state index contributed by atoms with van der Waals surface area (Å²) in [6, 6.07) is 0. The number of ether oxygens (including phenoxy) is 2. The highest BCUT2D eigenvalue weighted by molar-refractivity contribution is 5.81. The maximum atomic E-state index is 11.3. The Morgan fingerprint density at radius 2 is 2.39 bits per heavy atom. The molecule has 6 heteroatoms. The van der Waals surface area contributed by atoms with Gasteiger partial charge in [-0.05, 0) is 19.3 Å². The summed E-state index contributed by atoms with van der Waals surface area (Å²) in [5.41, 5.74) is 0. The predicted molar refractivity (Wildman–Crippen MR) is 62.2 cm³/mol. The number of aromatic nitrogens is 2. The van der Waals surface area contributed by atoms with Crippen LogP contribution in [0, 0.1) is 0 Å². The monoisotopic (exact) mass is 254 g/mol. The van der Waals surface area contributed by atoms with Gasteiger partial charge in [0.2, 0.25) is 5.89 Å². The molecule has 0 saturated carbocycles. The fourth-order valence-corrected chi connectivity index (χ4v) is 2.00. The molecule has 6 nitrogen and oxygen atoms in total. The van der Waals surface area contributed by atoms with E-state index in [0.29, 0.717) is 18.1 Å². The van der Waals surface area contributed by atoms with Gasteiger partial charge in [0.15, 0.2) is 11.6 Å². The van der Waals surface area contributed by atoms with Crippen molar-refractivity contribution in [1.29, 1.82) is 0 Å². The number of hydrogen-bond donors (Lipinski definition) is 0. The van der Waals surface area contributed by atoms with E-state index in [0.717, 1.165) is 19.4 Å². The Morgan fingerprint density at radius 3 is 3.11 bits per heavy atom. The van der Waals surface area contributed by atoms with Crippen molar-refractivity contribution in [3.8, 4) is 0 Å². The Kier molecular flexibility index (Phi) is 4.83. The smallest absolute Gasteiger partial charge is 0.234 e. The summed E-state index contributed by atoms with van der Waals surface area (Å²) < 4.78 is 15.4. The average molecular weight is 254 g/mol. The highest BCUT2D eigenvalue weighted by atomic mass is 16.5. The predicted octanol–water partition coefficient (Wildman–Crippen LogP) is 0.939. The quantitative estimate of drug-likeness (QED) is 0.752. The molecule has 0 aromatic carbocycles. The van der Waals surface area contributed by atoms with Gasteiger partial charge in [-0.3, -0.25) is 4.79 Å². The molecule has 1 atom stereocenters. The number of carbonyl (C=O) groups excluding carboxylic acids is 1. The molecule has 2 heterocycles. The zero-order chi connectivity index (χ0) is 12.8. The first kappa shape index (κ1) is 13.2. The number of methoxy groups -OCH3 is 1. The third kappa shape index (κ3) is 3.89. The van der Waals surface area contributed by atoms with Crippen LogP contribution in [0.5, 0.6) is 0 Å². The molecular weight excluding hydrogens is 236 g/mol. The first-order valence-electron chi connectivity index (χ1n) is 6.21. The average Bonchev–Trinajstić information content (AvgIpc) is 2.78. The Balaban J connectivity index is 1.83. The SMILES string of the molecule is COCC(=O)Cc1nc(CC2CCCCO2)no1. The van der Waals surface area contributed by atoms with E-state index in [1.807, 2.05) is 0 Å². The second kappa shape index (κ2) is 6.61. The third-order valence-electron chi connectivity index (χ3n) is 2.85. The van der Waals surface area contributed by atoms with Crippen LogP contribution in [0.4, 0.5) is 0 Å². The summed E-state index contributed by atoms with van der Waals surface area (Å²) in [5, 5.41) is 3.86. The fourth-order valence-electron chi connectivity index (χ4n) is 2.00. The van der Waals surface area contributed by atoms with E-state index in [1.165, 1.54) is 13.5 Å². The summed E-state index contributed by atoms with van der Waals surface area (Å²) >= 11 is 0. The molecule has 0 N–H and O–H groups in total. The van der Waals surface area contributed by atoms with Crippen molar-refractivity contribution in [1.82, 2.24) is 10.1 Å². The Hall–Kier alpha value is -1.27. The van der Waals surface area contributed by atoms with Gasteiger partial charge in [-0.1, -0.05) is 5.16 Å². The van der Waals surface area contributed by atoms with E-state index in [1.54, 1.807) is 0 Å². The second-order valence-electron chi connectivity index (χ2n) is 4.45. The highest BCUT2D eigenvalue weighted by Gasteiger charge is 2.18. The van der Waals surface area contributed by atoms with Gasteiger partial charge in [0, 0.05) is 20.1 Å². The molecule has 0 aliphatic carbocycles. The van der Waals surface area contributed by atoms with Crippen LogP contribution in [0.15, 0.2) is 4.52 Å². The van der Waals surface area contributed by atoms with Crippen LogP contribution < -0.4 is 0 Å². The van der Waals surface area contributed by atoms with Gasteiger partial charge >= 0.3 is 0 Å². The van der Waals surface area contributed by atoms with E-state index >= 15 is 0 Å². The van der Waals surface area contributed by atoms with E-state index in [9.17, 15) is 4.79 Å². The molecule has 100 valence electrons. The maximum absolute atomic E-state index is 11.3. The number of nitrogens with zero attached hydrogens (tertiary/aromatic N) is 2. The lowest BCUT2D eigenvalue weighted by atomic mass is 10.1. The van der Waals surface area contributed by atoms with Crippen molar-refractivity contribution in [2.45, 2.75) is 38.2 Å². The number of carbonyl (C=O) groups is 1. The summed E-state index contributed by atoms with van der Waals surface area (Å²) in [6.07, 6.45) is 4.31. The molecule has 0 spiro atoms. The first-order chi connectivity index (χ1) is 8.78. The minimum atomic E-state index is -0.0679. The third-order valence-corrected chi connectivity index (χ3v) is 2.85. The van der Waals surface area contributed by atoms with Crippen LogP contribution >= 0.6 is 0 Å². The molecule has 18 heavy (non-hydrogen) atoms. The minimum Gasteiger partial charge on any atom is -0.378 e. The van der Waals surface area contributed by atoms with Gasteiger partial charge in [0.25, 0.3) is 0 Å². The molecule has 1 unspecified atom stereocenters. The minimum absolute atomic E-state index is 0.0679. The Bertz CT molecular complexity index is 385. The van der Waals surface area contributed by atoms with E-state index < -0.39 is 0 Å². The van der Waals surface area contributed by atoms with Gasteiger partial charge in [0.1, 0.15) is 6.61 Å². The first-order valence-corrected chi connectivity index (χ1v) is 6.21. The normalized spacial score (nSPS) is 19.9. The summed E-state index contributed by atoms with van der Waals surface area (Å²) in [4.78, 5) is 15.5. The van der Waals surface area contributed by atoms with Crippen molar-refractivity contribution in [2.24, 2.45) is 0 Å². The molecule has 0 bridgehead atoms. The van der Waals surface area contributed by atoms with Gasteiger partial charge in [-0.15, -0.1) is 0 Å². The molecule has 1 saturated heterocycles. The lowest BCUT2D eigenvalue weighted by Crippen LogP contribution is -2.21.